The first-order valence-electron chi connectivity index (χ1n) is 10.7. The average Bonchev–Trinajstić information content (AvgIpc) is 2.63. The van der Waals surface area contributed by atoms with E-state index in [1.165, 1.54) is 32.1 Å². The average molecular weight is 371 g/mol. The van der Waals surface area contributed by atoms with E-state index in [2.05, 4.69) is 12.2 Å². The highest BCUT2D eigenvalue weighted by molar-refractivity contribution is 6.02. The van der Waals surface area contributed by atoms with E-state index in [4.69, 9.17) is 0 Å². The molecular formula is C23H34N2O2. The number of nitrogens with zero attached hydrogens (tertiary/aromatic N) is 1. The zero-order chi connectivity index (χ0) is 19.4. The standard InChI is InChI=1S/C23H34N2O2/c1-4-17(2)25-21(26)20-15-11-10-12-18(20)16-23(25,3)22(27)24-19-13-8-6-5-7-9-14-19/h10-12,15,17,19H,4-9,13-14,16H2,1-3H3,(H,24,27)/t17-,23+/m1/s1. The largest absolute Gasteiger partial charge is 0.351 e. The van der Waals surface area contributed by atoms with Crippen molar-refractivity contribution in [3.05, 3.63) is 35.4 Å². The SMILES string of the molecule is CC[C@@H](C)N1C(=O)c2ccccc2C[C@@]1(C)C(=O)NC1CCCCCCC1. The molecule has 2 aliphatic rings. The van der Waals surface area contributed by atoms with Gasteiger partial charge in [-0.2, -0.15) is 0 Å². The Morgan fingerprint density at radius 2 is 1.81 bits per heavy atom. The maximum Gasteiger partial charge on any atom is 0.255 e. The van der Waals surface area contributed by atoms with E-state index in [-0.39, 0.29) is 23.9 Å². The zero-order valence-corrected chi connectivity index (χ0v) is 17.1. The number of rotatable bonds is 4. The Bertz CT molecular complexity index is 679. The third-order valence-electron chi connectivity index (χ3n) is 6.49. The summed E-state index contributed by atoms with van der Waals surface area (Å²) in [5, 5.41) is 3.32. The van der Waals surface area contributed by atoms with Gasteiger partial charge in [-0.1, -0.05) is 57.2 Å². The van der Waals surface area contributed by atoms with E-state index in [0.717, 1.165) is 30.4 Å². The number of nitrogens with one attached hydrogen (secondary N) is 1. The van der Waals surface area contributed by atoms with Crippen LogP contribution in [0.2, 0.25) is 0 Å². The van der Waals surface area contributed by atoms with Crippen LogP contribution in [0.1, 0.15) is 88.1 Å². The number of carbonyl (C=O) groups excluding carboxylic acids is 2. The van der Waals surface area contributed by atoms with Gasteiger partial charge in [0.15, 0.2) is 0 Å². The van der Waals surface area contributed by atoms with E-state index in [1.54, 1.807) is 0 Å². The molecule has 1 heterocycles. The molecule has 148 valence electrons. The van der Waals surface area contributed by atoms with Crippen LogP contribution in [0.15, 0.2) is 24.3 Å². The van der Waals surface area contributed by atoms with Crippen molar-refractivity contribution in [1.29, 1.82) is 0 Å². The molecule has 1 aliphatic heterocycles. The summed E-state index contributed by atoms with van der Waals surface area (Å²) in [5.74, 6) is -0.00209. The van der Waals surface area contributed by atoms with Crippen molar-refractivity contribution >= 4 is 11.8 Å². The molecule has 27 heavy (non-hydrogen) atoms. The zero-order valence-electron chi connectivity index (χ0n) is 17.1. The lowest BCUT2D eigenvalue weighted by Gasteiger charge is -2.47. The number of fused-ring (bicyclic) bond motifs is 1. The summed E-state index contributed by atoms with van der Waals surface area (Å²) in [5.41, 5.74) is 0.898. The highest BCUT2D eigenvalue weighted by Crippen LogP contribution is 2.34. The minimum atomic E-state index is -0.830. The minimum absolute atomic E-state index is 0.0104. The van der Waals surface area contributed by atoms with Crippen LogP contribution in [-0.2, 0) is 11.2 Å². The number of hydrogen-bond acceptors (Lipinski definition) is 2. The molecule has 1 N–H and O–H groups in total. The highest BCUT2D eigenvalue weighted by Gasteiger charge is 2.48. The quantitative estimate of drug-likeness (QED) is 0.850. The first kappa shape index (κ1) is 19.9. The van der Waals surface area contributed by atoms with E-state index < -0.39 is 5.54 Å². The fraction of sp³-hybridized carbons (Fsp3) is 0.652. The van der Waals surface area contributed by atoms with E-state index in [0.29, 0.717) is 6.42 Å². The molecule has 0 aromatic heterocycles. The molecule has 0 radical (unpaired) electrons. The van der Waals surface area contributed by atoms with Gasteiger partial charge < -0.3 is 10.2 Å². The number of hydrogen-bond donors (Lipinski definition) is 1. The van der Waals surface area contributed by atoms with Gasteiger partial charge in [0.2, 0.25) is 5.91 Å². The van der Waals surface area contributed by atoms with Crippen molar-refractivity contribution in [2.24, 2.45) is 0 Å². The van der Waals surface area contributed by atoms with Crippen LogP contribution in [0.3, 0.4) is 0 Å². The van der Waals surface area contributed by atoms with Gasteiger partial charge in [0.1, 0.15) is 5.54 Å². The van der Waals surface area contributed by atoms with Gasteiger partial charge in [0.25, 0.3) is 5.91 Å². The van der Waals surface area contributed by atoms with Crippen LogP contribution in [0.5, 0.6) is 0 Å². The van der Waals surface area contributed by atoms with Gasteiger partial charge in [-0.05, 0) is 44.7 Å². The van der Waals surface area contributed by atoms with Crippen molar-refractivity contribution in [3.8, 4) is 0 Å². The summed E-state index contributed by atoms with van der Waals surface area (Å²) in [6.45, 7) is 6.07. The Hall–Kier alpha value is -1.84. The Morgan fingerprint density at radius 1 is 1.19 bits per heavy atom. The maximum atomic E-state index is 13.5. The van der Waals surface area contributed by atoms with Crippen molar-refractivity contribution in [2.45, 2.75) is 96.2 Å². The molecule has 2 atom stereocenters. The second-order valence-electron chi connectivity index (χ2n) is 8.56. The van der Waals surface area contributed by atoms with Gasteiger partial charge in [-0.15, -0.1) is 0 Å². The van der Waals surface area contributed by atoms with Crippen LogP contribution in [-0.4, -0.2) is 34.3 Å². The number of carbonyl (C=O) groups is 2. The lowest BCUT2D eigenvalue weighted by Crippen LogP contribution is -2.65. The normalized spacial score (nSPS) is 25.3. The van der Waals surface area contributed by atoms with Gasteiger partial charge >= 0.3 is 0 Å². The summed E-state index contributed by atoms with van der Waals surface area (Å²) >= 11 is 0. The summed E-state index contributed by atoms with van der Waals surface area (Å²) in [4.78, 5) is 28.6. The molecule has 3 rings (SSSR count). The van der Waals surface area contributed by atoms with Crippen LogP contribution in [0.25, 0.3) is 0 Å². The first-order chi connectivity index (χ1) is 13.0. The fourth-order valence-corrected chi connectivity index (χ4v) is 4.69. The Balaban J connectivity index is 1.87. The predicted octanol–water partition coefficient (Wildman–Crippen LogP) is 4.47. The molecule has 2 amide bonds. The molecule has 1 saturated carbocycles. The molecule has 0 spiro atoms. The number of benzene rings is 1. The second-order valence-corrected chi connectivity index (χ2v) is 8.56. The molecule has 0 saturated heterocycles. The van der Waals surface area contributed by atoms with E-state index in [9.17, 15) is 9.59 Å². The number of amides is 2. The lowest BCUT2D eigenvalue weighted by molar-refractivity contribution is -0.133. The molecule has 0 bridgehead atoms. The monoisotopic (exact) mass is 370 g/mol. The second kappa shape index (κ2) is 8.45. The summed E-state index contributed by atoms with van der Waals surface area (Å²) in [6.07, 6.45) is 9.70. The Labute approximate surface area is 163 Å². The third-order valence-corrected chi connectivity index (χ3v) is 6.49. The van der Waals surface area contributed by atoms with Crippen molar-refractivity contribution in [2.75, 3.05) is 0 Å². The first-order valence-corrected chi connectivity index (χ1v) is 10.7. The van der Waals surface area contributed by atoms with Crippen molar-refractivity contribution in [1.82, 2.24) is 10.2 Å². The smallest absolute Gasteiger partial charge is 0.255 e. The molecule has 1 aromatic carbocycles. The minimum Gasteiger partial charge on any atom is -0.351 e. The summed E-state index contributed by atoms with van der Waals surface area (Å²) in [6, 6.07) is 8.00. The fourth-order valence-electron chi connectivity index (χ4n) is 4.69. The molecule has 4 heteroatoms. The maximum absolute atomic E-state index is 13.5. The summed E-state index contributed by atoms with van der Waals surface area (Å²) < 4.78 is 0. The molecular weight excluding hydrogens is 336 g/mol. The molecule has 1 aromatic rings. The Kier molecular flexibility index (Phi) is 6.23. The van der Waals surface area contributed by atoms with Gasteiger partial charge in [-0.3, -0.25) is 9.59 Å². The van der Waals surface area contributed by atoms with Crippen molar-refractivity contribution in [3.63, 3.8) is 0 Å². The van der Waals surface area contributed by atoms with Crippen LogP contribution >= 0.6 is 0 Å². The van der Waals surface area contributed by atoms with Gasteiger partial charge in [0.05, 0.1) is 0 Å². The van der Waals surface area contributed by atoms with Crippen LogP contribution in [0, 0.1) is 0 Å². The van der Waals surface area contributed by atoms with Gasteiger partial charge in [0, 0.05) is 24.1 Å². The van der Waals surface area contributed by atoms with E-state index >= 15 is 0 Å². The third kappa shape index (κ3) is 4.04. The molecule has 1 aliphatic carbocycles. The van der Waals surface area contributed by atoms with Crippen LogP contribution < -0.4 is 5.32 Å². The molecule has 0 unspecified atom stereocenters. The summed E-state index contributed by atoms with van der Waals surface area (Å²) in [7, 11) is 0. The molecule has 4 nitrogen and oxygen atoms in total. The molecule has 1 fully saturated rings. The van der Waals surface area contributed by atoms with Crippen LogP contribution in [0.4, 0.5) is 0 Å². The van der Waals surface area contributed by atoms with Gasteiger partial charge in [-0.25, -0.2) is 0 Å². The highest BCUT2D eigenvalue weighted by atomic mass is 16.2. The predicted molar refractivity (Wildman–Crippen MR) is 109 cm³/mol. The topological polar surface area (TPSA) is 49.4 Å². The lowest BCUT2D eigenvalue weighted by atomic mass is 9.81. The van der Waals surface area contributed by atoms with Crippen molar-refractivity contribution < 1.29 is 9.59 Å². The van der Waals surface area contributed by atoms with E-state index in [1.807, 2.05) is 43.0 Å². The Morgan fingerprint density at radius 3 is 2.48 bits per heavy atom.